The number of nitrogens with zero attached hydrogens (tertiary/aromatic N) is 5. The lowest BCUT2D eigenvalue weighted by Crippen LogP contribution is -2.56. The molecule has 0 amide bonds. The van der Waals surface area contributed by atoms with Crippen molar-refractivity contribution in [2.75, 3.05) is 31.1 Å². The monoisotopic (exact) mass is 417 g/mol. The first-order chi connectivity index (χ1) is 15.0. The van der Waals surface area contributed by atoms with E-state index in [-0.39, 0.29) is 0 Å². The highest BCUT2D eigenvalue weighted by molar-refractivity contribution is 5.92. The van der Waals surface area contributed by atoms with E-state index in [0.717, 1.165) is 64.7 Å². The van der Waals surface area contributed by atoms with Crippen LogP contribution in [-0.4, -0.2) is 56.8 Å². The van der Waals surface area contributed by atoms with Crippen LogP contribution in [0, 0.1) is 13.8 Å². The van der Waals surface area contributed by atoms with Crippen LogP contribution in [0.25, 0.3) is 27.9 Å². The van der Waals surface area contributed by atoms with Gasteiger partial charge >= 0.3 is 0 Å². The molecule has 0 aromatic carbocycles. The molecule has 6 rings (SSSR count). The number of hydrogen-bond acceptors (Lipinski definition) is 6. The fourth-order valence-electron chi connectivity index (χ4n) is 5.02. The molecule has 1 saturated heterocycles. The second kappa shape index (κ2) is 6.68. The van der Waals surface area contributed by atoms with E-state index in [0.29, 0.717) is 18.6 Å². The summed E-state index contributed by atoms with van der Waals surface area (Å²) in [7, 11) is 0. The van der Waals surface area contributed by atoms with Crippen LogP contribution in [0.1, 0.15) is 36.5 Å². The van der Waals surface area contributed by atoms with E-state index in [1.165, 1.54) is 11.1 Å². The molecular weight excluding hydrogens is 390 g/mol. The zero-order valence-corrected chi connectivity index (χ0v) is 18.4. The maximum absolute atomic E-state index is 6.12. The molecule has 1 fully saturated rings. The summed E-state index contributed by atoms with van der Waals surface area (Å²) in [6.07, 6.45) is 3.68. The number of nitrogens with one attached hydrogen (secondary N) is 2. The minimum atomic E-state index is 0.309. The van der Waals surface area contributed by atoms with Gasteiger partial charge in [0.15, 0.2) is 17.2 Å². The summed E-state index contributed by atoms with van der Waals surface area (Å²) in [5, 5.41) is 7.85. The third-order valence-corrected chi connectivity index (χ3v) is 6.78. The molecule has 8 heteroatoms. The van der Waals surface area contributed by atoms with Gasteiger partial charge in [-0.25, -0.2) is 14.5 Å². The highest BCUT2D eigenvalue weighted by Crippen LogP contribution is 2.41. The lowest BCUT2D eigenvalue weighted by Gasteiger charge is -2.40. The first-order valence-corrected chi connectivity index (χ1v) is 11.0. The van der Waals surface area contributed by atoms with Crippen molar-refractivity contribution >= 4 is 22.5 Å². The van der Waals surface area contributed by atoms with Gasteiger partial charge in [-0.15, -0.1) is 0 Å². The van der Waals surface area contributed by atoms with E-state index >= 15 is 0 Å². The van der Waals surface area contributed by atoms with Crippen LogP contribution in [-0.2, 0) is 0 Å². The Balaban J connectivity index is 1.60. The number of aromatic amines is 1. The zero-order valence-electron chi connectivity index (χ0n) is 18.4. The summed E-state index contributed by atoms with van der Waals surface area (Å²) >= 11 is 0. The van der Waals surface area contributed by atoms with Gasteiger partial charge in [-0.05, 0) is 30.9 Å². The van der Waals surface area contributed by atoms with Crippen molar-refractivity contribution in [2.24, 2.45) is 0 Å². The van der Waals surface area contributed by atoms with E-state index in [1.807, 2.05) is 4.52 Å². The van der Waals surface area contributed by atoms with Crippen molar-refractivity contribution < 1.29 is 4.74 Å². The largest absolute Gasteiger partial charge is 0.487 e. The Morgan fingerprint density at radius 1 is 1.23 bits per heavy atom. The number of anilines is 1. The lowest BCUT2D eigenvalue weighted by atomic mass is 9.95. The van der Waals surface area contributed by atoms with Crippen molar-refractivity contribution in [1.82, 2.24) is 29.9 Å². The van der Waals surface area contributed by atoms with Crippen LogP contribution in [0.2, 0.25) is 0 Å². The van der Waals surface area contributed by atoms with Crippen LogP contribution in [0.5, 0.6) is 5.75 Å². The van der Waals surface area contributed by atoms with E-state index in [4.69, 9.17) is 9.72 Å². The van der Waals surface area contributed by atoms with E-state index < -0.39 is 0 Å². The van der Waals surface area contributed by atoms with Gasteiger partial charge in [0.1, 0.15) is 12.9 Å². The van der Waals surface area contributed by atoms with Gasteiger partial charge in [0, 0.05) is 43.0 Å². The average molecular weight is 418 g/mol. The summed E-state index contributed by atoms with van der Waals surface area (Å²) in [5.74, 6) is 2.15. The van der Waals surface area contributed by atoms with Gasteiger partial charge < -0.3 is 19.9 Å². The summed E-state index contributed by atoms with van der Waals surface area (Å²) in [5.41, 5.74) is 8.77. The zero-order chi connectivity index (χ0) is 21.3. The fraction of sp³-hybridized carbons (Fsp3) is 0.435. The third-order valence-electron chi connectivity index (χ3n) is 6.78. The molecule has 2 aliphatic heterocycles. The SMILES string of the molecule is Cc1c(-c2[nH]c3cc4c(nc3c2C(C)C)N2CCNCC2CO4)cn2ncnc2c1C. The molecule has 2 N–H and O–H groups in total. The number of piperazine rings is 1. The molecule has 4 aromatic heterocycles. The maximum Gasteiger partial charge on any atom is 0.172 e. The summed E-state index contributed by atoms with van der Waals surface area (Å²) in [6, 6.07) is 2.47. The van der Waals surface area contributed by atoms with Gasteiger partial charge in [-0.2, -0.15) is 5.10 Å². The van der Waals surface area contributed by atoms with Gasteiger partial charge in [-0.1, -0.05) is 13.8 Å². The van der Waals surface area contributed by atoms with E-state index in [9.17, 15) is 0 Å². The molecule has 1 atom stereocenters. The quantitative estimate of drug-likeness (QED) is 0.521. The second-order valence-electron chi connectivity index (χ2n) is 8.96. The van der Waals surface area contributed by atoms with Gasteiger partial charge in [0.05, 0.1) is 22.8 Å². The van der Waals surface area contributed by atoms with Crippen LogP contribution < -0.4 is 15.0 Å². The molecule has 0 saturated carbocycles. The molecule has 8 nitrogen and oxygen atoms in total. The van der Waals surface area contributed by atoms with Crippen LogP contribution in [0.15, 0.2) is 18.6 Å². The van der Waals surface area contributed by atoms with Crippen LogP contribution >= 0.6 is 0 Å². The second-order valence-corrected chi connectivity index (χ2v) is 8.96. The number of pyridine rings is 2. The van der Waals surface area contributed by atoms with Gasteiger partial charge in [0.2, 0.25) is 0 Å². The Hall–Kier alpha value is -3.13. The van der Waals surface area contributed by atoms with Crippen LogP contribution in [0.4, 0.5) is 5.82 Å². The first kappa shape index (κ1) is 18.6. The molecule has 0 bridgehead atoms. The molecule has 4 aromatic rings. The Bertz CT molecular complexity index is 1320. The number of fused-ring (bicyclic) bond motifs is 5. The van der Waals surface area contributed by atoms with Crippen molar-refractivity contribution in [3.8, 4) is 17.0 Å². The van der Waals surface area contributed by atoms with Crippen molar-refractivity contribution in [3.05, 3.63) is 35.3 Å². The number of aromatic nitrogens is 5. The molecule has 160 valence electrons. The molecule has 0 radical (unpaired) electrons. The van der Waals surface area contributed by atoms with Gasteiger partial charge in [-0.3, -0.25) is 0 Å². The Labute approximate surface area is 180 Å². The Morgan fingerprint density at radius 2 is 2.10 bits per heavy atom. The molecule has 31 heavy (non-hydrogen) atoms. The highest BCUT2D eigenvalue weighted by Gasteiger charge is 2.32. The summed E-state index contributed by atoms with van der Waals surface area (Å²) < 4.78 is 7.98. The molecular formula is C23H27N7O. The number of aryl methyl sites for hydroxylation is 1. The first-order valence-electron chi connectivity index (χ1n) is 11.0. The minimum Gasteiger partial charge on any atom is -0.487 e. The van der Waals surface area contributed by atoms with Gasteiger partial charge in [0.25, 0.3) is 0 Å². The summed E-state index contributed by atoms with van der Waals surface area (Å²) in [4.78, 5) is 15.7. The highest BCUT2D eigenvalue weighted by atomic mass is 16.5. The topological polar surface area (TPSA) is 83.4 Å². The Kier molecular flexibility index (Phi) is 4.02. The Morgan fingerprint density at radius 3 is 2.94 bits per heavy atom. The molecule has 0 aliphatic carbocycles. The van der Waals surface area contributed by atoms with Crippen molar-refractivity contribution in [1.29, 1.82) is 0 Å². The maximum atomic E-state index is 6.12. The third kappa shape index (κ3) is 2.67. The smallest absolute Gasteiger partial charge is 0.172 e. The van der Waals surface area contributed by atoms with Crippen LogP contribution in [0.3, 0.4) is 0 Å². The lowest BCUT2D eigenvalue weighted by molar-refractivity contribution is 0.245. The number of rotatable bonds is 2. The summed E-state index contributed by atoms with van der Waals surface area (Å²) in [6.45, 7) is 12.3. The molecule has 0 spiro atoms. The normalized spacial score (nSPS) is 18.5. The molecule has 1 unspecified atom stereocenters. The van der Waals surface area contributed by atoms with E-state index in [1.54, 1.807) is 6.33 Å². The molecule has 2 aliphatic rings. The molecule has 6 heterocycles. The predicted molar refractivity (Wildman–Crippen MR) is 121 cm³/mol. The predicted octanol–water partition coefficient (Wildman–Crippen LogP) is 3.18. The average Bonchev–Trinajstić information content (AvgIpc) is 3.39. The number of hydrogen-bond donors (Lipinski definition) is 2. The van der Waals surface area contributed by atoms with Crippen molar-refractivity contribution in [3.63, 3.8) is 0 Å². The minimum absolute atomic E-state index is 0.309. The number of H-pyrrole nitrogens is 1. The fourth-order valence-corrected chi connectivity index (χ4v) is 5.02. The van der Waals surface area contributed by atoms with Crippen molar-refractivity contribution in [2.45, 2.75) is 39.7 Å². The number of ether oxygens (including phenoxy) is 1. The standard InChI is InChI=1S/C23H27N7O/c1-12(2)19-20(16-9-30-22(25-11-26-30)14(4)13(16)3)27-17-7-18-23(28-21(17)19)29-6-5-24-8-15(29)10-31-18/h7,9,11-12,15,24,27H,5-6,8,10H2,1-4H3. The van der Waals surface area contributed by atoms with E-state index in [2.05, 4.69) is 65.2 Å².